The van der Waals surface area contributed by atoms with E-state index < -0.39 is 22.5 Å². The van der Waals surface area contributed by atoms with Gasteiger partial charge in [-0.2, -0.15) is 0 Å². The van der Waals surface area contributed by atoms with E-state index in [1.807, 2.05) is 0 Å². The summed E-state index contributed by atoms with van der Waals surface area (Å²) < 4.78 is 35.5. The molecule has 0 spiro atoms. The maximum Gasteiger partial charge on any atom is 0.328 e. The molecular weight excluding hydrogens is 418 g/mol. The maximum absolute atomic E-state index is 13.4. The zero-order valence-corrected chi connectivity index (χ0v) is 17.7. The number of aromatic nitrogens is 2. The van der Waals surface area contributed by atoms with Crippen LogP contribution in [-0.2, 0) is 33.7 Å². The quantitative estimate of drug-likeness (QED) is 0.552. The molecule has 0 aliphatic heterocycles. The summed E-state index contributed by atoms with van der Waals surface area (Å²) in [6, 6.07) is 10.5. The summed E-state index contributed by atoms with van der Waals surface area (Å²) in [6.45, 7) is 1.28. The lowest BCUT2D eigenvalue weighted by Gasteiger charge is -2.23. The Balaban J connectivity index is 2.14. The molecule has 2 aromatic carbocycles. The molecule has 0 aliphatic carbocycles. The molecule has 3 aromatic rings. The Bertz CT molecular complexity index is 1230. The molecule has 8 nitrogen and oxygen atoms in total. The van der Waals surface area contributed by atoms with Gasteiger partial charge in [-0.3, -0.25) is 18.2 Å². The summed E-state index contributed by atoms with van der Waals surface area (Å²) in [7, 11) is -0.951. The fourth-order valence-corrected chi connectivity index (χ4v) is 4.58. The minimum atomic E-state index is -4.13. The highest BCUT2D eigenvalue weighted by atomic mass is 35.5. The van der Waals surface area contributed by atoms with Crippen LogP contribution in [0, 0.1) is 0 Å². The fraction of sp³-hybridized carbons (Fsp3) is 0.263. The summed E-state index contributed by atoms with van der Waals surface area (Å²) in [5.74, 6) is -0.681. The van der Waals surface area contributed by atoms with E-state index in [-0.39, 0.29) is 22.9 Å². The fourth-order valence-electron chi connectivity index (χ4n) is 3.02. The predicted octanol–water partition coefficient (Wildman–Crippen LogP) is 2.29. The first-order valence-electron chi connectivity index (χ1n) is 8.76. The van der Waals surface area contributed by atoms with Crippen LogP contribution in [0.4, 0.5) is 5.69 Å². The summed E-state index contributed by atoms with van der Waals surface area (Å²) in [5.41, 5.74) is 1.06. The van der Waals surface area contributed by atoms with Gasteiger partial charge in [0.15, 0.2) is 0 Å². The molecule has 0 aliphatic rings. The van der Waals surface area contributed by atoms with Crippen LogP contribution in [0.5, 0.6) is 0 Å². The largest absolute Gasteiger partial charge is 0.465 e. The lowest BCUT2D eigenvalue weighted by Crippen LogP contribution is -2.36. The van der Waals surface area contributed by atoms with Gasteiger partial charge in [-0.1, -0.05) is 11.6 Å². The lowest BCUT2D eigenvalue weighted by molar-refractivity contribution is -0.141. The minimum Gasteiger partial charge on any atom is -0.465 e. The van der Waals surface area contributed by atoms with Crippen molar-refractivity contribution in [2.45, 2.75) is 11.8 Å². The average Bonchev–Trinajstić information content (AvgIpc) is 2.91. The Morgan fingerprint density at radius 2 is 1.69 bits per heavy atom. The molecule has 0 unspecified atom stereocenters. The second-order valence-electron chi connectivity index (χ2n) is 6.34. The van der Waals surface area contributed by atoms with Gasteiger partial charge in [0.25, 0.3) is 10.0 Å². The molecular formula is C19H20ClN3O5S. The number of ether oxygens (including phenoxy) is 1. The first kappa shape index (κ1) is 20.9. The zero-order valence-electron chi connectivity index (χ0n) is 16.1. The number of nitrogens with zero attached hydrogens (tertiary/aromatic N) is 3. The number of carbonyl (C=O) groups is 1. The van der Waals surface area contributed by atoms with Crippen LogP contribution < -0.4 is 9.99 Å². The number of esters is 1. The van der Waals surface area contributed by atoms with Crippen LogP contribution in [0.15, 0.2) is 52.2 Å². The molecule has 0 fully saturated rings. The Hall–Kier alpha value is -2.78. The maximum atomic E-state index is 13.4. The number of rotatable bonds is 6. The van der Waals surface area contributed by atoms with E-state index in [2.05, 4.69) is 0 Å². The van der Waals surface area contributed by atoms with Gasteiger partial charge in [0, 0.05) is 19.1 Å². The second-order valence-corrected chi connectivity index (χ2v) is 8.64. The number of carbonyl (C=O) groups excluding carboxylic acids is 1. The van der Waals surface area contributed by atoms with Gasteiger partial charge in [-0.25, -0.2) is 13.2 Å². The summed E-state index contributed by atoms with van der Waals surface area (Å²) >= 11 is 5.91. The van der Waals surface area contributed by atoms with Crippen molar-refractivity contribution in [3.05, 3.63) is 58.0 Å². The third-order valence-electron chi connectivity index (χ3n) is 4.52. The number of halogens is 1. The van der Waals surface area contributed by atoms with Crippen LogP contribution in [0.1, 0.15) is 6.92 Å². The molecule has 1 heterocycles. The molecule has 0 atom stereocenters. The Morgan fingerprint density at radius 1 is 1.07 bits per heavy atom. The molecule has 0 N–H and O–H groups in total. The standard InChI is InChI=1S/C19H20ClN3O5S/c1-4-28-18(24)12-23(14-7-5-13(20)6-8-14)29(26,27)15-9-10-16-17(11-15)22(3)19(25)21(16)2/h5-11H,4,12H2,1-3H3. The van der Waals surface area contributed by atoms with E-state index in [4.69, 9.17) is 16.3 Å². The van der Waals surface area contributed by atoms with E-state index in [1.165, 1.54) is 45.5 Å². The molecule has 0 radical (unpaired) electrons. The number of aryl methyl sites for hydroxylation is 2. The van der Waals surface area contributed by atoms with Gasteiger partial charge in [0.05, 0.1) is 28.2 Å². The number of sulfonamides is 1. The molecule has 0 saturated carbocycles. The molecule has 3 rings (SSSR count). The number of hydrogen-bond acceptors (Lipinski definition) is 5. The summed E-state index contributed by atoms with van der Waals surface area (Å²) in [5, 5.41) is 0.433. The van der Waals surface area contributed by atoms with Crippen molar-refractivity contribution in [1.29, 1.82) is 0 Å². The van der Waals surface area contributed by atoms with Gasteiger partial charge >= 0.3 is 11.7 Å². The molecule has 154 valence electrons. The average molecular weight is 438 g/mol. The Morgan fingerprint density at radius 3 is 2.31 bits per heavy atom. The molecule has 0 amide bonds. The summed E-state index contributed by atoms with van der Waals surface area (Å²) in [6.07, 6.45) is 0. The van der Waals surface area contributed by atoms with E-state index in [0.717, 1.165) is 4.31 Å². The molecule has 0 saturated heterocycles. The van der Waals surface area contributed by atoms with E-state index in [1.54, 1.807) is 27.1 Å². The number of benzene rings is 2. The van der Waals surface area contributed by atoms with Crippen molar-refractivity contribution in [3.8, 4) is 0 Å². The van der Waals surface area contributed by atoms with Gasteiger partial charge < -0.3 is 4.74 Å². The Kier molecular flexibility index (Phi) is 5.72. The van der Waals surface area contributed by atoms with Crippen molar-refractivity contribution < 1.29 is 17.9 Å². The highest BCUT2D eigenvalue weighted by molar-refractivity contribution is 7.92. The van der Waals surface area contributed by atoms with Crippen molar-refractivity contribution in [1.82, 2.24) is 9.13 Å². The summed E-state index contributed by atoms with van der Waals surface area (Å²) in [4.78, 5) is 24.2. The van der Waals surface area contributed by atoms with Crippen LogP contribution in [0.2, 0.25) is 5.02 Å². The minimum absolute atomic E-state index is 0.0505. The highest BCUT2D eigenvalue weighted by Crippen LogP contribution is 2.27. The third kappa shape index (κ3) is 3.88. The van der Waals surface area contributed by atoms with E-state index in [9.17, 15) is 18.0 Å². The van der Waals surface area contributed by atoms with Gasteiger partial charge in [-0.05, 0) is 49.4 Å². The van der Waals surface area contributed by atoms with Crippen LogP contribution in [0.25, 0.3) is 11.0 Å². The first-order chi connectivity index (χ1) is 13.7. The molecule has 10 heteroatoms. The molecule has 29 heavy (non-hydrogen) atoms. The topological polar surface area (TPSA) is 90.6 Å². The highest BCUT2D eigenvalue weighted by Gasteiger charge is 2.28. The van der Waals surface area contributed by atoms with Crippen molar-refractivity contribution >= 4 is 44.3 Å². The normalized spacial score (nSPS) is 11.6. The van der Waals surface area contributed by atoms with Gasteiger partial charge in [0.1, 0.15) is 6.54 Å². The van der Waals surface area contributed by atoms with Gasteiger partial charge in [-0.15, -0.1) is 0 Å². The molecule has 0 bridgehead atoms. The zero-order chi connectivity index (χ0) is 21.3. The lowest BCUT2D eigenvalue weighted by atomic mass is 10.3. The second kappa shape index (κ2) is 7.92. The number of hydrogen-bond donors (Lipinski definition) is 0. The van der Waals surface area contributed by atoms with E-state index in [0.29, 0.717) is 16.1 Å². The van der Waals surface area contributed by atoms with Gasteiger partial charge in [0.2, 0.25) is 0 Å². The van der Waals surface area contributed by atoms with Crippen molar-refractivity contribution in [2.24, 2.45) is 14.1 Å². The van der Waals surface area contributed by atoms with Crippen LogP contribution in [-0.4, -0.2) is 36.7 Å². The SMILES string of the molecule is CCOC(=O)CN(c1ccc(Cl)cc1)S(=O)(=O)c1ccc2c(c1)n(C)c(=O)n2C. The third-order valence-corrected chi connectivity index (χ3v) is 6.55. The van der Waals surface area contributed by atoms with Crippen molar-refractivity contribution in [2.75, 3.05) is 17.5 Å². The van der Waals surface area contributed by atoms with Crippen molar-refractivity contribution in [3.63, 3.8) is 0 Å². The van der Waals surface area contributed by atoms with Crippen LogP contribution in [0.3, 0.4) is 0 Å². The smallest absolute Gasteiger partial charge is 0.328 e. The van der Waals surface area contributed by atoms with Crippen LogP contribution >= 0.6 is 11.6 Å². The predicted molar refractivity (Wildman–Crippen MR) is 111 cm³/mol. The molecule has 1 aromatic heterocycles. The number of imidazole rings is 1. The monoisotopic (exact) mass is 437 g/mol. The number of fused-ring (bicyclic) bond motifs is 1. The first-order valence-corrected chi connectivity index (χ1v) is 10.6. The van der Waals surface area contributed by atoms with E-state index >= 15 is 0 Å². The Labute approximate surface area is 172 Å². The number of anilines is 1.